The molecule has 1 aliphatic rings. The number of aromatic amines is 1. The Morgan fingerprint density at radius 3 is 2.75 bits per heavy atom. The first-order valence-corrected chi connectivity index (χ1v) is 10.3. The summed E-state index contributed by atoms with van der Waals surface area (Å²) in [6, 6.07) is 12.3. The Morgan fingerprint density at radius 2 is 1.96 bits per heavy atom. The zero-order valence-electron chi connectivity index (χ0n) is 16.3. The number of nitrogens with zero attached hydrogens (tertiary/aromatic N) is 2. The van der Waals surface area contributed by atoms with E-state index in [1.165, 1.54) is 0 Å². The van der Waals surface area contributed by atoms with Crippen LogP contribution in [0.25, 0.3) is 22.0 Å². The monoisotopic (exact) mass is 441 g/mol. The number of amides is 1. The molecule has 0 aliphatic carbocycles. The quantitative estimate of drug-likeness (QED) is 0.525. The van der Waals surface area contributed by atoms with Crippen LogP contribution >= 0.6 is 15.9 Å². The van der Waals surface area contributed by atoms with E-state index >= 15 is 0 Å². The Labute approximate surface area is 173 Å². The van der Waals surface area contributed by atoms with Crippen molar-refractivity contribution in [3.63, 3.8) is 0 Å². The Morgan fingerprint density at radius 1 is 1.21 bits per heavy atom. The molecule has 1 amide bonds. The zero-order chi connectivity index (χ0) is 19.9. The fourth-order valence-corrected chi connectivity index (χ4v) is 4.24. The largest absolute Gasteiger partial charge is 0.444 e. The zero-order valence-corrected chi connectivity index (χ0v) is 17.9. The molecule has 4 rings (SSSR count). The Balaban J connectivity index is 1.65. The first-order valence-electron chi connectivity index (χ1n) is 9.55. The van der Waals surface area contributed by atoms with E-state index in [1.54, 1.807) is 4.90 Å². The average Bonchev–Trinajstić information content (AvgIpc) is 3.29. The van der Waals surface area contributed by atoms with E-state index in [9.17, 15) is 4.79 Å². The van der Waals surface area contributed by atoms with Gasteiger partial charge >= 0.3 is 6.09 Å². The standard InChI is InChI=1S/C22H24BrN3O2/c1-22(2,3)28-21(27)26-12-6-11-19(26)20-24-13-18(25-20)16-9-4-8-15-14(16)7-5-10-17(15)23/h4-5,7-10,13,19H,6,11-12H2,1-3H3,(H,24,25)/t19-/m0/s1. The number of benzene rings is 2. The normalized spacial score (nSPS) is 17.3. The highest BCUT2D eigenvalue weighted by Gasteiger charge is 2.34. The van der Waals surface area contributed by atoms with Gasteiger partial charge in [0.15, 0.2) is 0 Å². The number of nitrogens with one attached hydrogen (secondary N) is 1. The number of hydrogen-bond donors (Lipinski definition) is 1. The van der Waals surface area contributed by atoms with Crippen LogP contribution in [0.5, 0.6) is 0 Å². The summed E-state index contributed by atoms with van der Waals surface area (Å²) in [5, 5.41) is 2.31. The molecule has 1 fully saturated rings. The van der Waals surface area contributed by atoms with Crippen molar-refractivity contribution in [1.82, 2.24) is 14.9 Å². The summed E-state index contributed by atoms with van der Waals surface area (Å²) in [4.78, 5) is 22.4. The van der Waals surface area contributed by atoms with Crippen LogP contribution in [0.1, 0.15) is 45.5 Å². The van der Waals surface area contributed by atoms with Crippen LogP contribution in [-0.4, -0.2) is 33.1 Å². The SMILES string of the molecule is CC(C)(C)OC(=O)N1CCC[C@H]1c1ncc(-c2cccc3c(Br)cccc23)[nH]1. The molecular weight excluding hydrogens is 418 g/mol. The summed E-state index contributed by atoms with van der Waals surface area (Å²) >= 11 is 3.63. The highest BCUT2D eigenvalue weighted by molar-refractivity contribution is 9.10. The van der Waals surface area contributed by atoms with Crippen molar-refractivity contribution in [3.8, 4) is 11.3 Å². The summed E-state index contributed by atoms with van der Waals surface area (Å²) in [5.74, 6) is 0.811. The molecule has 1 aromatic heterocycles. The molecule has 1 N–H and O–H groups in total. The number of ether oxygens (including phenoxy) is 1. The van der Waals surface area contributed by atoms with E-state index < -0.39 is 5.60 Å². The van der Waals surface area contributed by atoms with Crippen molar-refractivity contribution in [2.45, 2.75) is 45.3 Å². The van der Waals surface area contributed by atoms with Crippen LogP contribution in [0.4, 0.5) is 4.79 Å². The Kier molecular flexibility index (Phi) is 4.91. The smallest absolute Gasteiger partial charge is 0.410 e. The van der Waals surface area contributed by atoms with Crippen molar-refractivity contribution < 1.29 is 9.53 Å². The van der Waals surface area contributed by atoms with Gasteiger partial charge in [-0.3, -0.25) is 4.90 Å². The highest BCUT2D eigenvalue weighted by Crippen LogP contribution is 2.35. The van der Waals surface area contributed by atoms with Gasteiger partial charge in [-0.2, -0.15) is 0 Å². The predicted molar refractivity (Wildman–Crippen MR) is 114 cm³/mol. The number of rotatable bonds is 2. The molecule has 3 aromatic rings. The summed E-state index contributed by atoms with van der Waals surface area (Å²) in [7, 11) is 0. The molecule has 0 radical (unpaired) electrons. The fraction of sp³-hybridized carbons (Fsp3) is 0.364. The Bertz CT molecular complexity index is 1020. The third kappa shape index (κ3) is 3.65. The summed E-state index contributed by atoms with van der Waals surface area (Å²) < 4.78 is 6.64. The van der Waals surface area contributed by atoms with Crippen LogP contribution in [0, 0.1) is 0 Å². The molecule has 28 heavy (non-hydrogen) atoms. The van der Waals surface area contributed by atoms with Crippen LogP contribution in [0.2, 0.25) is 0 Å². The Hall–Kier alpha value is -2.34. The van der Waals surface area contributed by atoms with Gasteiger partial charge in [0.2, 0.25) is 0 Å². The summed E-state index contributed by atoms with van der Waals surface area (Å²) in [6.07, 6.45) is 3.41. The van der Waals surface area contributed by atoms with E-state index in [0.29, 0.717) is 6.54 Å². The third-order valence-corrected chi connectivity index (χ3v) is 5.64. The molecule has 0 unspecified atom stereocenters. The summed E-state index contributed by atoms with van der Waals surface area (Å²) in [6.45, 7) is 6.36. The minimum atomic E-state index is -0.505. The number of carbonyl (C=O) groups is 1. The van der Waals surface area contributed by atoms with E-state index in [0.717, 1.165) is 45.2 Å². The van der Waals surface area contributed by atoms with Crippen molar-refractivity contribution >= 4 is 32.8 Å². The first-order chi connectivity index (χ1) is 13.3. The maximum absolute atomic E-state index is 12.6. The second-order valence-corrected chi connectivity index (χ2v) is 9.01. The topological polar surface area (TPSA) is 58.2 Å². The van der Waals surface area contributed by atoms with E-state index in [1.807, 2.05) is 45.2 Å². The number of likely N-dealkylation sites (tertiary alicyclic amines) is 1. The van der Waals surface area contributed by atoms with E-state index in [2.05, 4.69) is 44.1 Å². The molecule has 2 heterocycles. The van der Waals surface area contributed by atoms with Gasteiger partial charge in [-0.15, -0.1) is 0 Å². The second-order valence-electron chi connectivity index (χ2n) is 8.15. The number of imidazole rings is 1. The van der Waals surface area contributed by atoms with Gasteiger partial charge in [0, 0.05) is 16.6 Å². The molecule has 1 atom stereocenters. The number of carbonyl (C=O) groups excluding carboxylic acids is 1. The minimum absolute atomic E-state index is 0.0784. The van der Waals surface area contributed by atoms with Crippen molar-refractivity contribution in [2.75, 3.05) is 6.54 Å². The maximum Gasteiger partial charge on any atom is 0.410 e. The van der Waals surface area contributed by atoms with Crippen LogP contribution < -0.4 is 0 Å². The highest BCUT2D eigenvalue weighted by atomic mass is 79.9. The lowest BCUT2D eigenvalue weighted by Crippen LogP contribution is -2.36. The number of halogens is 1. The van der Waals surface area contributed by atoms with Gasteiger partial charge in [0.1, 0.15) is 11.4 Å². The first kappa shape index (κ1) is 19.0. The average molecular weight is 442 g/mol. The van der Waals surface area contributed by atoms with Crippen molar-refractivity contribution in [2.24, 2.45) is 0 Å². The molecular formula is C22H24BrN3O2. The number of fused-ring (bicyclic) bond motifs is 1. The molecule has 0 bridgehead atoms. The lowest BCUT2D eigenvalue weighted by molar-refractivity contribution is 0.0219. The lowest BCUT2D eigenvalue weighted by Gasteiger charge is -2.27. The second kappa shape index (κ2) is 7.24. The van der Waals surface area contributed by atoms with Crippen molar-refractivity contribution in [3.05, 3.63) is 52.9 Å². The van der Waals surface area contributed by atoms with Crippen molar-refractivity contribution in [1.29, 1.82) is 0 Å². The molecule has 1 aliphatic heterocycles. The van der Waals surface area contributed by atoms with Gasteiger partial charge in [-0.05, 0) is 50.5 Å². The molecule has 2 aromatic carbocycles. The van der Waals surface area contributed by atoms with Gasteiger partial charge in [-0.1, -0.05) is 46.3 Å². The number of hydrogen-bond acceptors (Lipinski definition) is 3. The predicted octanol–water partition coefficient (Wildman–Crippen LogP) is 6.06. The van der Waals surface area contributed by atoms with Crippen LogP contribution in [0.15, 0.2) is 47.1 Å². The van der Waals surface area contributed by atoms with Gasteiger partial charge in [-0.25, -0.2) is 9.78 Å². The van der Waals surface area contributed by atoms with E-state index in [4.69, 9.17) is 4.74 Å². The number of aromatic nitrogens is 2. The lowest BCUT2D eigenvalue weighted by atomic mass is 10.0. The van der Waals surface area contributed by atoms with Gasteiger partial charge in [0.05, 0.1) is 17.9 Å². The molecule has 0 spiro atoms. The van der Waals surface area contributed by atoms with Crippen LogP contribution in [0.3, 0.4) is 0 Å². The van der Waals surface area contributed by atoms with E-state index in [-0.39, 0.29) is 12.1 Å². The maximum atomic E-state index is 12.6. The molecule has 0 saturated carbocycles. The minimum Gasteiger partial charge on any atom is -0.444 e. The fourth-order valence-electron chi connectivity index (χ4n) is 3.74. The summed E-state index contributed by atoms with van der Waals surface area (Å²) in [5.41, 5.74) is 1.55. The third-order valence-electron chi connectivity index (χ3n) is 4.95. The van der Waals surface area contributed by atoms with Crippen LogP contribution in [-0.2, 0) is 4.74 Å². The molecule has 5 nitrogen and oxygen atoms in total. The molecule has 146 valence electrons. The molecule has 6 heteroatoms. The van der Waals surface area contributed by atoms with Gasteiger partial charge < -0.3 is 9.72 Å². The number of H-pyrrole nitrogens is 1. The van der Waals surface area contributed by atoms with Gasteiger partial charge in [0.25, 0.3) is 0 Å². The molecule has 1 saturated heterocycles.